The Morgan fingerprint density at radius 1 is 0.367 bits per heavy atom. The summed E-state index contributed by atoms with van der Waals surface area (Å²) in [6.07, 6.45) is 0. The van der Waals surface area contributed by atoms with Gasteiger partial charge in [0.1, 0.15) is 0 Å². The molecule has 0 fully saturated rings. The molecule has 7 aromatic rings. The predicted octanol–water partition coefficient (Wildman–Crippen LogP) is 6.20. The van der Waals surface area contributed by atoms with Crippen molar-refractivity contribution in [3.8, 4) is 0 Å². The van der Waals surface area contributed by atoms with Crippen LogP contribution >= 0.6 is 0 Å². The molecule has 0 bridgehead atoms. The maximum absolute atomic E-state index is 12.9. The first kappa shape index (κ1) is 15.8. The number of hydrogen-bond donors (Lipinski definition) is 0. The van der Waals surface area contributed by atoms with E-state index in [4.69, 9.17) is 0 Å². The van der Waals surface area contributed by atoms with Crippen LogP contribution in [0.4, 0.5) is 0 Å². The minimum atomic E-state index is 0.0846. The van der Waals surface area contributed by atoms with E-state index in [1.165, 1.54) is 0 Å². The number of fused-ring (bicyclic) bond motifs is 9. The normalized spacial score (nSPS) is 12.3. The largest absolute Gasteiger partial charge is 0.289 e. The van der Waals surface area contributed by atoms with Crippen LogP contribution < -0.4 is 10.9 Å². The monoisotopic (exact) mass is 382 g/mol. The van der Waals surface area contributed by atoms with Crippen molar-refractivity contribution in [3.63, 3.8) is 0 Å². The highest BCUT2D eigenvalue weighted by Gasteiger charge is 2.15. The molecule has 0 saturated heterocycles. The molecule has 0 spiro atoms. The highest BCUT2D eigenvalue weighted by atomic mass is 16.1. The molecule has 0 heterocycles. The van der Waals surface area contributed by atoms with E-state index in [-0.39, 0.29) is 10.9 Å². The average molecular weight is 382 g/mol. The van der Waals surface area contributed by atoms with E-state index in [0.717, 1.165) is 64.6 Å². The van der Waals surface area contributed by atoms with Crippen molar-refractivity contribution in [2.24, 2.45) is 0 Å². The predicted molar refractivity (Wildman–Crippen MR) is 126 cm³/mol. The first-order valence-corrected chi connectivity index (χ1v) is 10.0. The van der Waals surface area contributed by atoms with Gasteiger partial charge in [-0.25, -0.2) is 0 Å². The minimum Gasteiger partial charge on any atom is -0.289 e. The van der Waals surface area contributed by atoms with Gasteiger partial charge < -0.3 is 0 Å². The van der Waals surface area contributed by atoms with Gasteiger partial charge in [-0.15, -0.1) is 0 Å². The third kappa shape index (κ3) is 1.84. The minimum absolute atomic E-state index is 0.0846. The lowest BCUT2D eigenvalue weighted by molar-refractivity contribution is 1.80. The van der Waals surface area contributed by atoms with Crippen LogP contribution in [0.25, 0.3) is 64.6 Å². The van der Waals surface area contributed by atoms with Gasteiger partial charge in [0.05, 0.1) is 0 Å². The van der Waals surface area contributed by atoms with Crippen LogP contribution in [0.1, 0.15) is 0 Å². The molecule has 7 aromatic carbocycles. The van der Waals surface area contributed by atoms with Crippen LogP contribution in [0.5, 0.6) is 0 Å². The zero-order valence-electron chi connectivity index (χ0n) is 15.9. The Kier molecular flexibility index (Phi) is 2.80. The molecule has 0 unspecified atom stereocenters. The van der Waals surface area contributed by atoms with Crippen LogP contribution in [0.3, 0.4) is 0 Å². The van der Waals surface area contributed by atoms with E-state index in [1.54, 1.807) is 0 Å². The van der Waals surface area contributed by atoms with Crippen molar-refractivity contribution in [3.05, 3.63) is 105 Å². The van der Waals surface area contributed by atoms with E-state index >= 15 is 0 Å². The Bertz CT molecular complexity index is 1930. The van der Waals surface area contributed by atoms with Gasteiger partial charge in [-0.1, -0.05) is 54.6 Å². The molecule has 2 nitrogen and oxygen atoms in total. The van der Waals surface area contributed by atoms with Crippen LogP contribution in [0.15, 0.2) is 94.5 Å². The topological polar surface area (TPSA) is 34.1 Å². The van der Waals surface area contributed by atoms with Crippen molar-refractivity contribution < 1.29 is 0 Å². The SMILES string of the molecule is O=c1c2ccccc2c2cc3cc4ccc5c(=O)c6ccccc6c5c4cc3cc12. The van der Waals surface area contributed by atoms with E-state index in [9.17, 15) is 9.59 Å². The van der Waals surface area contributed by atoms with Gasteiger partial charge in [-0.2, -0.15) is 0 Å². The summed E-state index contributed by atoms with van der Waals surface area (Å²) in [6.45, 7) is 0. The van der Waals surface area contributed by atoms with Gasteiger partial charge in [0.25, 0.3) is 0 Å². The number of rotatable bonds is 0. The van der Waals surface area contributed by atoms with E-state index in [2.05, 4.69) is 18.2 Å². The third-order valence-electron chi connectivity index (χ3n) is 6.51. The molecule has 0 aliphatic heterocycles. The fourth-order valence-electron chi connectivity index (χ4n) is 5.12. The van der Waals surface area contributed by atoms with Gasteiger partial charge >= 0.3 is 0 Å². The van der Waals surface area contributed by atoms with Crippen molar-refractivity contribution >= 4 is 64.6 Å². The Morgan fingerprint density at radius 2 is 0.933 bits per heavy atom. The van der Waals surface area contributed by atoms with Crippen LogP contribution in [-0.2, 0) is 0 Å². The second-order valence-corrected chi connectivity index (χ2v) is 8.06. The summed E-state index contributed by atoms with van der Waals surface area (Å²) in [5.41, 5.74) is 0.170. The lowest BCUT2D eigenvalue weighted by atomic mass is 9.97. The second kappa shape index (κ2) is 5.31. The van der Waals surface area contributed by atoms with Gasteiger partial charge in [-0.3, -0.25) is 9.59 Å². The lowest BCUT2D eigenvalue weighted by Gasteiger charge is -2.06. The van der Waals surface area contributed by atoms with Gasteiger partial charge in [0.2, 0.25) is 0 Å². The smallest absolute Gasteiger partial charge is 0.194 e. The summed E-state index contributed by atoms with van der Waals surface area (Å²) in [5.74, 6) is 0. The zero-order chi connectivity index (χ0) is 20.0. The molecule has 7 rings (SSSR count). The third-order valence-corrected chi connectivity index (χ3v) is 6.51. The molecular formula is C28H14O2. The quantitative estimate of drug-likeness (QED) is 0.293. The van der Waals surface area contributed by atoms with Crippen LogP contribution in [0, 0.1) is 0 Å². The molecule has 0 amide bonds. The standard InChI is InChI=1S/C28H14O2/c29-27-21-8-4-2-6-19(21)26-22(27)10-9-15-11-16-13-24-18-5-1-3-7-20(18)28(30)25(24)14-17(16)12-23(15)26/h1-14H. The van der Waals surface area contributed by atoms with Crippen molar-refractivity contribution in [2.45, 2.75) is 0 Å². The molecule has 0 aromatic heterocycles. The summed E-state index contributed by atoms with van der Waals surface area (Å²) >= 11 is 0. The molecule has 138 valence electrons. The molecule has 2 heteroatoms. The molecular weight excluding hydrogens is 368 g/mol. The van der Waals surface area contributed by atoms with E-state index in [1.807, 2.05) is 66.7 Å². The summed E-state index contributed by atoms with van der Waals surface area (Å²) < 4.78 is 0. The van der Waals surface area contributed by atoms with E-state index < -0.39 is 0 Å². The fourth-order valence-corrected chi connectivity index (χ4v) is 5.12. The van der Waals surface area contributed by atoms with Gasteiger partial charge in [0, 0.05) is 26.9 Å². The highest BCUT2D eigenvalue weighted by Crippen LogP contribution is 2.35. The average Bonchev–Trinajstić information content (AvgIpc) is 3.23. The highest BCUT2D eigenvalue weighted by molar-refractivity contribution is 6.25. The maximum Gasteiger partial charge on any atom is 0.194 e. The van der Waals surface area contributed by atoms with Crippen molar-refractivity contribution in [1.82, 2.24) is 0 Å². The summed E-state index contributed by atoms with van der Waals surface area (Å²) in [6, 6.07) is 28.0. The van der Waals surface area contributed by atoms with E-state index in [0.29, 0.717) is 0 Å². The molecule has 0 aliphatic carbocycles. The Hall–Kier alpha value is -4.04. The second-order valence-electron chi connectivity index (χ2n) is 8.06. The fraction of sp³-hybridized carbons (Fsp3) is 0. The first-order chi connectivity index (χ1) is 14.7. The molecule has 0 N–H and O–H groups in total. The molecule has 0 aliphatic rings. The number of benzene rings is 5. The van der Waals surface area contributed by atoms with Gasteiger partial charge in [-0.05, 0) is 68.0 Å². The van der Waals surface area contributed by atoms with Crippen LogP contribution in [0.2, 0.25) is 0 Å². The maximum atomic E-state index is 12.9. The Morgan fingerprint density at radius 3 is 1.73 bits per heavy atom. The Labute approximate surface area is 170 Å². The number of hydrogen-bond acceptors (Lipinski definition) is 2. The Balaban J connectivity index is 1.71. The summed E-state index contributed by atoms with van der Waals surface area (Å²) in [7, 11) is 0. The zero-order valence-corrected chi connectivity index (χ0v) is 15.9. The van der Waals surface area contributed by atoms with Crippen LogP contribution in [-0.4, -0.2) is 0 Å². The molecule has 30 heavy (non-hydrogen) atoms. The summed E-state index contributed by atoms with van der Waals surface area (Å²) in [4.78, 5) is 25.8. The molecule has 0 atom stereocenters. The molecule has 0 radical (unpaired) electrons. The first-order valence-electron chi connectivity index (χ1n) is 10.0. The lowest BCUT2D eigenvalue weighted by Crippen LogP contribution is -1.93. The summed E-state index contributed by atoms with van der Waals surface area (Å²) in [5, 5.41) is 11.3. The van der Waals surface area contributed by atoms with Gasteiger partial charge in [0.15, 0.2) is 10.9 Å². The molecule has 0 saturated carbocycles. The van der Waals surface area contributed by atoms with Crippen molar-refractivity contribution in [1.29, 1.82) is 0 Å². The van der Waals surface area contributed by atoms with Crippen molar-refractivity contribution in [2.75, 3.05) is 0 Å².